The standard InChI is InChI=1S/C10H18N2O2/c1-6(9-3-2-4-14-9)12-10(13)7-5-8(7)11/h6-9H,2-5,11H2,1H3,(H,12,13). The fraction of sp³-hybridized carbons (Fsp3) is 0.900. The van der Waals surface area contributed by atoms with Crippen LogP contribution in [0.5, 0.6) is 0 Å². The molecule has 1 saturated heterocycles. The summed E-state index contributed by atoms with van der Waals surface area (Å²) < 4.78 is 5.50. The van der Waals surface area contributed by atoms with Gasteiger partial charge < -0.3 is 15.8 Å². The van der Waals surface area contributed by atoms with Crippen LogP contribution in [0.2, 0.25) is 0 Å². The fourth-order valence-corrected chi connectivity index (χ4v) is 1.94. The molecule has 14 heavy (non-hydrogen) atoms. The predicted molar refractivity (Wildman–Crippen MR) is 52.7 cm³/mol. The van der Waals surface area contributed by atoms with E-state index in [0.717, 1.165) is 25.9 Å². The van der Waals surface area contributed by atoms with E-state index in [2.05, 4.69) is 5.32 Å². The number of nitrogens with two attached hydrogens (primary N) is 1. The molecule has 80 valence electrons. The minimum atomic E-state index is 0.0545. The number of amides is 1. The highest BCUT2D eigenvalue weighted by Gasteiger charge is 2.40. The summed E-state index contributed by atoms with van der Waals surface area (Å²) >= 11 is 0. The van der Waals surface area contributed by atoms with E-state index in [0.29, 0.717) is 0 Å². The van der Waals surface area contributed by atoms with E-state index in [-0.39, 0.29) is 30.0 Å². The van der Waals surface area contributed by atoms with Crippen molar-refractivity contribution in [3.63, 3.8) is 0 Å². The SMILES string of the molecule is CC(NC(=O)C1CC1N)C1CCCO1. The molecule has 1 saturated carbocycles. The van der Waals surface area contributed by atoms with Crippen molar-refractivity contribution in [3.8, 4) is 0 Å². The Labute approximate surface area is 84.2 Å². The van der Waals surface area contributed by atoms with Gasteiger partial charge in [-0.1, -0.05) is 0 Å². The normalized spacial score (nSPS) is 38.0. The maximum absolute atomic E-state index is 11.5. The van der Waals surface area contributed by atoms with E-state index >= 15 is 0 Å². The smallest absolute Gasteiger partial charge is 0.225 e. The van der Waals surface area contributed by atoms with Gasteiger partial charge in [0.1, 0.15) is 0 Å². The van der Waals surface area contributed by atoms with E-state index in [1.165, 1.54) is 0 Å². The van der Waals surface area contributed by atoms with Crippen molar-refractivity contribution in [3.05, 3.63) is 0 Å². The van der Waals surface area contributed by atoms with E-state index in [1.807, 2.05) is 6.92 Å². The summed E-state index contributed by atoms with van der Waals surface area (Å²) in [4.78, 5) is 11.5. The number of rotatable bonds is 3. The van der Waals surface area contributed by atoms with E-state index in [1.54, 1.807) is 0 Å². The molecule has 0 radical (unpaired) electrons. The number of hydrogen-bond acceptors (Lipinski definition) is 3. The van der Waals surface area contributed by atoms with Gasteiger partial charge in [-0.25, -0.2) is 0 Å². The summed E-state index contributed by atoms with van der Waals surface area (Å²) in [7, 11) is 0. The molecular formula is C10H18N2O2. The predicted octanol–water partition coefficient (Wildman–Crippen LogP) is 0.0173. The van der Waals surface area contributed by atoms with Crippen LogP contribution in [0.15, 0.2) is 0 Å². The molecular weight excluding hydrogens is 180 g/mol. The molecule has 2 fully saturated rings. The molecule has 0 aromatic carbocycles. The van der Waals surface area contributed by atoms with Crippen molar-refractivity contribution in [1.82, 2.24) is 5.32 Å². The summed E-state index contributed by atoms with van der Waals surface area (Å²) in [5.41, 5.74) is 5.60. The summed E-state index contributed by atoms with van der Waals surface area (Å²) in [6, 6.07) is 0.212. The average molecular weight is 198 g/mol. The lowest BCUT2D eigenvalue weighted by Gasteiger charge is -2.19. The molecule has 0 aromatic heterocycles. The van der Waals surface area contributed by atoms with Crippen LogP contribution in [0.1, 0.15) is 26.2 Å². The zero-order chi connectivity index (χ0) is 10.1. The van der Waals surface area contributed by atoms with Gasteiger partial charge in [0.15, 0.2) is 0 Å². The molecule has 4 nitrogen and oxygen atoms in total. The third-order valence-corrected chi connectivity index (χ3v) is 3.07. The first-order valence-corrected chi connectivity index (χ1v) is 5.36. The van der Waals surface area contributed by atoms with Crippen molar-refractivity contribution in [2.75, 3.05) is 6.61 Å². The molecule has 0 aromatic rings. The molecule has 0 spiro atoms. The highest BCUT2D eigenvalue weighted by Crippen LogP contribution is 2.28. The number of ether oxygens (including phenoxy) is 1. The third kappa shape index (κ3) is 2.07. The zero-order valence-electron chi connectivity index (χ0n) is 8.53. The Hall–Kier alpha value is -0.610. The minimum absolute atomic E-state index is 0.0545. The molecule has 1 aliphatic heterocycles. The second-order valence-corrected chi connectivity index (χ2v) is 4.35. The number of nitrogens with one attached hydrogen (secondary N) is 1. The van der Waals surface area contributed by atoms with Crippen molar-refractivity contribution in [2.24, 2.45) is 11.7 Å². The van der Waals surface area contributed by atoms with E-state index in [4.69, 9.17) is 10.5 Å². The molecule has 0 bridgehead atoms. The fourth-order valence-electron chi connectivity index (χ4n) is 1.94. The minimum Gasteiger partial charge on any atom is -0.376 e. The highest BCUT2D eigenvalue weighted by molar-refractivity contribution is 5.82. The lowest BCUT2D eigenvalue weighted by molar-refractivity contribution is -0.123. The topological polar surface area (TPSA) is 64.4 Å². The maximum atomic E-state index is 11.5. The Balaban J connectivity index is 1.75. The molecule has 4 unspecified atom stereocenters. The maximum Gasteiger partial charge on any atom is 0.225 e. The van der Waals surface area contributed by atoms with Gasteiger partial charge in [0.2, 0.25) is 5.91 Å². The molecule has 1 aliphatic carbocycles. The molecule has 3 N–H and O–H groups in total. The third-order valence-electron chi connectivity index (χ3n) is 3.07. The second kappa shape index (κ2) is 3.87. The van der Waals surface area contributed by atoms with Crippen LogP contribution in [0.4, 0.5) is 0 Å². The number of carbonyl (C=O) groups is 1. The van der Waals surface area contributed by atoms with Crippen LogP contribution < -0.4 is 11.1 Å². The molecule has 4 heteroatoms. The Morgan fingerprint density at radius 1 is 1.64 bits per heavy atom. The lowest BCUT2D eigenvalue weighted by Crippen LogP contribution is -2.42. The van der Waals surface area contributed by atoms with Gasteiger partial charge in [0.25, 0.3) is 0 Å². The van der Waals surface area contributed by atoms with Gasteiger partial charge in [-0.05, 0) is 26.2 Å². The van der Waals surface area contributed by atoms with Gasteiger partial charge in [-0.15, -0.1) is 0 Å². The van der Waals surface area contributed by atoms with Crippen LogP contribution in [-0.4, -0.2) is 30.7 Å². The van der Waals surface area contributed by atoms with Gasteiger partial charge in [0, 0.05) is 12.6 Å². The number of carbonyl (C=O) groups excluding carboxylic acids is 1. The molecule has 2 aliphatic rings. The van der Waals surface area contributed by atoms with Crippen molar-refractivity contribution in [2.45, 2.75) is 44.4 Å². The van der Waals surface area contributed by atoms with Crippen molar-refractivity contribution in [1.29, 1.82) is 0 Å². The van der Waals surface area contributed by atoms with Gasteiger partial charge in [-0.2, -0.15) is 0 Å². The number of hydrogen-bond donors (Lipinski definition) is 2. The first-order valence-electron chi connectivity index (χ1n) is 5.36. The van der Waals surface area contributed by atoms with Crippen LogP contribution in [0.3, 0.4) is 0 Å². The van der Waals surface area contributed by atoms with Crippen molar-refractivity contribution >= 4 is 5.91 Å². The van der Waals surface area contributed by atoms with Crippen LogP contribution in [0.25, 0.3) is 0 Å². The highest BCUT2D eigenvalue weighted by atomic mass is 16.5. The summed E-state index contributed by atoms with van der Waals surface area (Å²) in [6.07, 6.45) is 3.20. The summed E-state index contributed by atoms with van der Waals surface area (Å²) in [5.74, 6) is 0.152. The molecule has 2 rings (SSSR count). The van der Waals surface area contributed by atoms with Crippen molar-refractivity contribution < 1.29 is 9.53 Å². The van der Waals surface area contributed by atoms with Gasteiger partial charge in [0.05, 0.1) is 18.1 Å². The van der Waals surface area contributed by atoms with Crippen LogP contribution in [-0.2, 0) is 9.53 Å². The molecule has 4 atom stereocenters. The van der Waals surface area contributed by atoms with Crippen LogP contribution >= 0.6 is 0 Å². The van der Waals surface area contributed by atoms with Gasteiger partial charge in [-0.3, -0.25) is 4.79 Å². The summed E-state index contributed by atoms with van der Waals surface area (Å²) in [5, 5.41) is 2.97. The van der Waals surface area contributed by atoms with Gasteiger partial charge >= 0.3 is 0 Å². The molecule has 1 heterocycles. The largest absolute Gasteiger partial charge is 0.376 e. The second-order valence-electron chi connectivity index (χ2n) is 4.35. The zero-order valence-corrected chi connectivity index (χ0v) is 8.53. The van der Waals surface area contributed by atoms with E-state index < -0.39 is 0 Å². The quantitative estimate of drug-likeness (QED) is 0.672. The average Bonchev–Trinajstić information content (AvgIpc) is 2.70. The first kappa shape index (κ1) is 9.93. The Bertz CT molecular complexity index is 226. The Morgan fingerprint density at radius 2 is 2.36 bits per heavy atom. The van der Waals surface area contributed by atoms with Crippen LogP contribution in [0, 0.1) is 5.92 Å². The monoisotopic (exact) mass is 198 g/mol. The Kier molecular flexibility index (Phi) is 2.74. The Morgan fingerprint density at radius 3 is 2.86 bits per heavy atom. The van der Waals surface area contributed by atoms with E-state index in [9.17, 15) is 4.79 Å². The first-order chi connectivity index (χ1) is 6.68. The molecule has 1 amide bonds. The lowest BCUT2D eigenvalue weighted by atomic mass is 10.1. The summed E-state index contributed by atoms with van der Waals surface area (Å²) in [6.45, 7) is 2.83.